The third kappa shape index (κ3) is 20.2. The number of hydrogen-bond acceptors (Lipinski definition) is 12. The van der Waals surface area contributed by atoms with E-state index in [1.165, 1.54) is 0 Å². The molecule has 0 aliphatic rings. The Bertz CT molecular complexity index is 2190. The van der Waals surface area contributed by atoms with Crippen molar-refractivity contribution in [3.63, 3.8) is 0 Å². The average Bonchev–Trinajstić information content (AvgIpc) is 3.12. The van der Waals surface area contributed by atoms with Gasteiger partial charge in [-0.15, -0.1) is 0 Å². The van der Waals surface area contributed by atoms with Crippen LogP contribution in [0.1, 0.15) is 36.1 Å². The first-order chi connectivity index (χ1) is 31.3. The Hall–Kier alpha value is -3.08. The van der Waals surface area contributed by atoms with E-state index in [0.717, 1.165) is 22.3 Å². The van der Waals surface area contributed by atoms with Gasteiger partial charge in [0.2, 0.25) is 0 Å². The van der Waals surface area contributed by atoms with Gasteiger partial charge in [0, 0.05) is 17.5 Å². The summed E-state index contributed by atoms with van der Waals surface area (Å²) in [4.78, 5) is 26.6. The van der Waals surface area contributed by atoms with Gasteiger partial charge in [-0.3, -0.25) is 0 Å². The summed E-state index contributed by atoms with van der Waals surface area (Å²) in [6, 6.07) is 30.5. The molecule has 4 rings (SSSR count). The Kier molecular flexibility index (Phi) is 18.9. The Morgan fingerprint density at radius 2 is 0.667 bits per heavy atom. The number of hydrogen-bond donors (Lipinski definition) is 0. The number of ether oxygens (including phenoxy) is 4. The molecular weight excluding hydrogens is 1010 g/mol. The van der Waals surface area contributed by atoms with Crippen molar-refractivity contribution in [2.45, 2.75) is 149 Å². The smallest absolute Gasteiger partial charge is 0.437 e. The van der Waals surface area contributed by atoms with Crippen LogP contribution in [-0.2, 0) is 42.2 Å². The van der Waals surface area contributed by atoms with Crippen molar-refractivity contribution >= 4 is 79.8 Å². The van der Waals surface area contributed by atoms with E-state index >= 15 is 0 Å². The van der Waals surface area contributed by atoms with Crippen LogP contribution in [-0.4, -0.2) is 79.8 Å². The summed E-state index contributed by atoms with van der Waals surface area (Å²) in [5.74, 6) is 1.47. The van der Waals surface area contributed by atoms with Crippen LogP contribution in [0.15, 0.2) is 97.1 Å². The zero-order chi connectivity index (χ0) is 52.1. The van der Waals surface area contributed by atoms with Crippen LogP contribution >= 0.6 is 0 Å². The van der Waals surface area contributed by atoms with E-state index in [4.69, 9.17) is 43.6 Å². The van der Waals surface area contributed by atoms with Gasteiger partial charge in [0.25, 0.3) is 0 Å². The minimum Gasteiger partial charge on any atom is -0.437 e. The molecule has 2 atom stereocenters. The molecule has 0 aliphatic heterocycles. The summed E-state index contributed by atoms with van der Waals surface area (Å²) in [6.07, 6.45) is -1.70. The van der Waals surface area contributed by atoms with Gasteiger partial charge in [-0.2, -0.15) is 0 Å². The lowest BCUT2D eigenvalue weighted by molar-refractivity contribution is 0.150. The molecule has 0 aromatic heterocycles. The molecule has 12 nitrogen and oxygen atoms in total. The Balaban J connectivity index is 1.41. The molecular formula is C49H80O12Si8. The van der Waals surface area contributed by atoms with Gasteiger partial charge in [-0.05, 0) is 176 Å². The topological polar surface area (TPSA) is 126 Å². The number of para-hydroxylation sites is 2. The molecule has 2 unspecified atom stereocenters. The highest BCUT2D eigenvalue weighted by Crippen LogP contribution is 2.35. The highest BCUT2D eigenvalue weighted by Gasteiger charge is 2.47. The van der Waals surface area contributed by atoms with Gasteiger partial charge in [-0.1, -0.05) is 74.5 Å². The van der Waals surface area contributed by atoms with Gasteiger partial charge in [-0.25, -0.2) is 9.59 Å². The largest absolute Gasteiger partial charge is 0.519 e. The molecule has 0 N–H and O–H groups in total. The van der Waals surface area contributed by atoms with Crippen LogP contribution in [0.25, 0.3) is 0 Å². The molecule has 20 heteroatoms. The molecule has 0 amide bonds. The summed E-state index contributed by atoms with van der Waals surface area (Å²) in [6.45, 7) is 42.6. The lowest BCUT2D eigenvalue weighted by Crippen LogP contribution is -2.58. The standard InChI is InChI=1S/C49H80O12Si8/c1-49(2,41-29-33-43(34-30-41)52-47(50)54-45-27-23-21-25-39(45)37-68(19,58-64(9,10)11)60-66(15,16)56-62(3,4)5)42-31-35-44(36-32-42)53-48(51)55-46-28-24-22-26-40(46)38-69(20,59-65(12,13)14)61-67(17,18)57-63(6,7)8/h21-36H,37-38H2,1-20H3. The fourth-order valence-corrected chi connectivity index (χ4v) is 44.5. The summed E-state index contributed by atoms with van der Waals surface area (Å²) in [5, 5.41) is 0. The van der Waals surface area contributed by atoms with Crippen LogP contribution in [0.5, 0.6) is 23.0 Å². The third-order valence-electron chi connectivity index (χ3n) is 9.98. The van der Waals surface area contributed by atoms with Crippen molar-refractivity contribution in [2.24, 2.45) is 0 Å². The maximum Gasteiger partial charge on any atom is 0.519 e. The molecule has 0 heterocycles. The van der Waals surface area contributed by atoms with Gasteiger partial charge < -0.3 is 43.6 Å². The molecule has 4 aromatic carbocycles. The van der Waals surface area contributed by atoms with E-state index in [1.54, 1.807) is 36.4 Å². The second-order valence-electron chi connectivity index (χ2n) is 23.3. The number of carbonyl (C=O) groups is 2. The third-order valence-corrected chi connectivity index (χ3v) is 36.6. The summed E-state index contributed by atoms with van der Waals surface area (Å²) in [5.41, 5.74) is 3.10. The van der Waals surface area contributed by atoms with E-state index in [2.05, 4.69) is 132 Å². The monoisotopic (exact) mass is 1080 g/mol. The molecule has 0 aliphatic carbocycles. The van der Waals surface area contributed by atoms with Crippen molar-refractivity contribution in [1.82, 2.24) is 0 Å². The zero-order valence-electron chi connectivity index (χ0n) is 45.1. The molecule has 0 saturated heterocycles. The van der Waals surface area contributed by atoms with Crippen LogP contribution in [0, 0.1) is 0 Å². The van der Waals surface area contributed by atoms with E-state index in [1.807, 2.05) is 60.7 Å². The number of carbonyl (C=O) groups excluding carboxylic acids is 2. The molecule has 69 heavy (non-hydrogen) atoms. The van der Waals surface area contributed by atoms with E-state index < -0.39 is 85.2 Å². The first-order valence-corrected chi connectivity index (χ1v) is 48.0. The zero-order valence-corrected chi connectivity index (χ0v) is 53.1. The first kappa shape index (κ1) is 58.5. The predicted octanol–water partition coefficient (Wildman–Crippen LogP) is 14.3. The highest BCUT2D eigenvalue weighted by atomic mass is 28.5. The van der Waals surface area contributed by atoms with E-state index in [-0.39, 0.29) is 0 Å². The summed E-state index contributed by atoms with van der Waals surface area (Å²) >= 11 is 0. The molecule has 0 fully saturated rings. The quantitative estimate of drug-likeness (QED) is 0.0422. The average molecular weight is 1090 g/mol. The van der Waals surface area contributed by atoms with E-state index in [0.29, 0.717) is 35.1 Å². The maximum absolute atomic E-state index is 13.3. The molecule has 380 valence electrons. The SMILES string of the molecule is CC(C)(c1ccc(OC(=O)Oc2ccccc2C[Si](C)(O[Si](C)(C)C)O[Si](C)(C)O[Si](C)(C)C)cc1)c1ccc(OC(=O)Oc2ccccc2C[Si](C)(O[Si](C)(C)C)O[Si](C)(C)O[Si](C)(C)C)cc1. The summed E-state index contributed by atoms with van der Waals surface area (Å²) in [7, 11) is -18.7. The Labute approximate surface area is 422 Å². The van der Waals surface area contributed by atoms with Gasteiger partial charge >= 0.3 is 46.6 Å². The summed E-state index contributed by atoms with van der Waals surface area (Å²) < 4.78 is 63.6. The fraction of sp³-hybridized carbons (Fsp3) is 0.469. The van der Waals surface area contributed by atoms with Crippen molar-refractivity contribution in [3.8, 4) is 23.0 Å². The lowest BCUT2D eigenvalue weighted by atomic mass is 9.78. The second kappa shape index (κ2) is 22.4. The van der Waals surface area contributed by atoms with Crippen molar-refractivity contribution in [3.05, 3.63) is 119 Å². The van der Waals surface area contributed by atoms with Crippen molar-refractivity contribution < 1.29 is 53.2 Å². The maximum atomic E-state index is 13.3. The van der Waals surface area contributed by atoms with Gasteiger partial charge in [0.1, 0.15) is 23.0 Å². The number of rotatable bonds is 22. The highest BCUT2D eigenvalue weighted by molar-refractivity contribution is 6.90. The van der Waals surface area contributed by atoms with E-state index in [9.17, 15) is 9.59 Å². The van der Waals surface area contributed by atoms with Crippen molar-refractivity contribution in [1.29, 1.82) is 0 Å². The fourth-order valence-electron chi connectivity index (χ4n) is 8.69. The Morgan fingerprint density at radius 3 is 0.957 bits per heavy atom. The minimum atomic E-state index is -2.87. The second-order valence-corrected chi connectivity index (χ2v) is 55.9. The van der Waals surface area contributed by atoms with Crippen LogP contribution in [0.2, 0.25) is 118 Å². The predicted molar refractivity (Wildman–Crippen MR) is 297 cm³/mol. The molecule has 0 radical (unpaired) electrons. The number of benzene rings is 4. The van der Waals surface area contributed by atoms with Crippen LogP contribution < -0.4 is 18.9 Å². The van der Waals surface area contributed by atoms with Gasteiger partial charge in [0.15, 0.2) is 33.3 Å². The normalized spacial score (nSPS) is 14.9. The molecule has 4 aromatic rings. The molecule has 0 bridgehead atoms. The molecule has 0 spiro atoms. The molecule has 0 saturated carbocycles. The van der Waals surface area contributed by atoms with Gasteiger partial charge in [0.05, 0.1) is 0 Å². The minimum absolute atomic E-state index is 0.339. The first-order valence-electron chi connectivity index (χ1n) is 23.7. The Morgan fingerprint density at radius 1 is 0.377 bits per heavy atom. The van der Waals surface area contributed by atoms with Crippen LogP contribution in [0.3, 0.4) is 0 Å². The lowest BCUT2D eigenvalue weighted by Gasteiger charge is -2.41. The van der Waals surface area contributed by atoms with Crippen LogP contribution in [0.4, 0.5) is 9.59 Å². The van der Waals surface area contributed by atoms with Crippen molar-refractivity contribution in [2.75, 3.05) is 0 Å².